The quantitative estimate of drug-likeness (QED) is 0.559. The van der Waals surface area contributed by atoms with Crippen LogP contribution < -0.4 is 4.74 Å². The molecule has 0 spiro atoms. The average Bonchev–Trinajstić information content (AvgIpc) is 2.76. The number of aliphatic carboxylic acids is 1. The number of carboxylic acid groups (broad SMARTS) is 1. The van der Waals surface area contributed by atoms with E-state index in [4.69, 9.17) is 4.74 Å². The summed E-state index contributed by atoms with van der Waals surface area (Å²) in [5, 5.41) is 21.4. The van der Waals surface area contributed by atoms with Crippen LogP contribution >= 0.6 is 0 Å². The fourth-order valence-corrected chi connectivity index (χ4v) is 5.43. The molecule has 6 nitrogen and oxygen atoms in total. The van der Waals surface area contributed by atoms with Crippen molar-refractivity contribution in [3.05, 3.63) is 36.0 Å². The highest BCUT2D eigenvalue weighted by Gasteiger charge is 2.31. The van der Waals surface area contributed by atoms with E-state index < -0.39 is 12.1 Å². The fourth-order valence-electron chi connectivity index (χ4n) is 5.43. The van der Waals surface area contributed by atoms with Crippen molar-refractivity contribution in [1.29, 1.82) is 0 Å². The number of aliphatic hydroxyl groups excluding tert-OH is 1. The highest BCUT2D eigenvalue weighted by Crippen LogP contribution is 2.35. The van der Waals surface area contributed by atoms with Gasteiger partial charge in [0.1, 0.15) is 5.75 Å². The Morgan fingerprint density at radius 1 is 1.22 bits per heavy atom. The fraction of sp³-hybridized carbons (Fsp3) is 0.615. The maximum absolute atomic E-state index is 11.5. The number of carbonyl (C=O) groups is 1. The first kappa shape index (κ1) is 23.0. The maximum Gasteiger partial charge on any atom is 0.303 e. The molecule has 0 radical (unpaired) electrons. The highest BCUT2D eigenvalue weighted by molar-refractivity contribution is 5.83. The van der Waals surface area contributed by atoms with Crippen LogP contribution in [0.4, 0.5) is 0 Å². The minimum absolute atomic E-state index is 0.157. The topological polar surface area (TPSA) is 82.9 Å². The van der Waals surface area contributed by atoms with Crippen molar-refractivity contribution >= 4 is 16.9 Å². The standard InChI is InChI=1S/C26H36N2O4/c1-32-21-6-7-24-23(16-21)22(9-12-27-24)25(29)8-5-19-11-14-28(13-10-18-3-2-4-18)17-20(19)15-26(30)31/h6-7,9,12,16,18-20,25,29H,2-5,8,10-11,13-15,17H2,1H3,(H,30,31)/t19-,20+,25-/m1/s1. The number of pyridine rings is 1. The van der Waals surface area contributed by atoms with Gasteiger partial charge < -0.3 is 19.8 Å². The third kappa shape index (κ3) is 5.59. The Morgan fingerprint density at radius 2 is 2.06 bits per heavy atom. The molecule has 1 aliphatic heterocycles. The minimum atomic E-state index is -0.714. The van der Waals surface area contributed by atoms with Crippen molar-refractivity contribution in [3.8, 4) is 5.75 Å². The summed E-state index contributed by atoms with van der Waals surface area (Å²) in [5.41, 5.74) is 1.70. The molecule has 0 bridgehead atoms. The van der Waals surface area contributed by atoms with Crippen molar-refractivity contribution in [3.63, 3.8) is 0 Å². The van der Waals surface area contributed by atoms with Crippen LogP contribution in [0.15, 0.2) is 30.5 Å². The second-order valence-electron chi connectivity index (χ2n) is 9.67. The summed E-state index contributed by atoms with van der Waals surface area (Å²) in [7, 11) is 1.63. The van der Waals surface area contributed by atoms with Gasteiger partial charge in [-0.2, -0.15) is 0 Å². The normalized spacial score (nSPS) is 23.1. The lowest BCUT2D eigenvalue weighted by molar-refractivity contribution is -0.139. The number of ether oxygens (including phenoxy) is 1. The summed E-state index contributed by atoms with van der Waals surface area (Å²) in [6.45, 7) is 3.01. The molecule has 4 rings (SSSR count). The first-order valence-electron chi connectivity index (χ1n) is 12.1. The van der Waals surface area contributed by atoms with Gasteiger partial charge in [-0.3, -0.25) is 9.78 Å². The number of benzene rings is 1. The number of carboxylic acids is 1. The van der Waals surface area contributed by atoms with E-state index in [2.05, 4.69) is 9.88 Å². The Balaban J connectivity index is 1.38. The molecule has 2 N–H and O–H groups in total. The Morgan fingerprint density at radius 3 is 2.78 bits per heavy atom. The molecule has 32 heavy (non-hydrogen) atoms. The smallest absolute Gasteiger partial charge is 0.303 e. The van der Waals surface area contributed by atoms with Gasteiger partial charge in [-0.1, -0.05) is 19.3 Å². The van der Waals surface area contributed by atoms with Gasteiger partial charge in [0.05, 0.1) is 18.7 Å². The van der Waals surface area contributed by atoms with Gasteiger partial charge in [0, 0.05) is 24.5 Å². The number of aliphatic hydroxyl groups is 1. The van der Waals surface area contributed by atoms with Gasteiger partial charge >= 0.3 is 5.97 Å². The summed E-state index contributed by atoms with van der Waals surface area (Å²) in [6, 6.07) is 7.59. The Bertz CT molecular complexity index is 914. The van der Waals surface area contributed by atoms with Gasteiger partial charge in [-0.05, 0) is 86.4 Å². The van der Waals surface area contributed by atoms with Crippen LogP contribution in [0, 0.1) is 17.8 Å². The second kappa shape index (κ2) is 10.6. The molecule has 2 aliphatic rings. The van der Waals surface area contributed by atoms with E-state index in [9.17, 15) is 15.0 Å². The van der Waals surface area contributed by atoms with E-state index in [1.165, 1.54) is 25.7 Å². The molecule has 174 valence electrons. The molecule has 1 aromatic heterocycles. The van der Waals surface area contributed by atoms with E-state index in [1.54, 1.807) is 13.3 Å². The van der Waals surface area contributed by atoms with E-state index in [-0.39, 0.29) is 12.3 Å². The molecule has 1 aromatic carbocycles. The zero-order chi connectivity index (χ0) is 22.5. The lowest BCUT2D eigenvalue weighted by atomic mass is 9.78. The lowest BCUT2D eigenvalue weighted by Crippen LogP contribution is -2.42. The number of hydrogen-bond acceptors (Lipinski definition) is 5. The van der Waals surface area contributed by atoms with Crippen molar-refractivity contribution < 1.29 is 19.7 Å². The predicted octanol–water partition coefficient (Wildman–Crippen LogP) is 4.66. The summed E-state index contributed by atoms with van der Waals surface area (Å²) < 4.78 is 5.35. The van der Waals surface area contributed by atoms with Crippen molar-refractivity contribution in [2.24, 2.45) is 17.8 Å². The first-order valence-corrected chi connectivity index (χ1v) is 12.1. The Hall–Kier alpha value is -2.18. The zero-order valence-corrected chi connectivity index (χ0v) is 19.1. The van der Waals surface area contributed by atoms with Crippen molar-refractivity contribution in [2.45, 2.75) is 57.5 Å². The van der Waals surface area contributed by atoms with Crippen LogP contribution in [-0.4, -0.2) is 52.8 Å². The number of rotatable bonds is 10. The molecule has 1 saturated carbocycles. The summed E-state index contributed by atoms with van der Waals surface area (Å²) in [4.78, 5) is 18.4. The molecule has 3 atom stereocenters. The Kier molecular flexibility index (Phi) is 7.63. The molecule has 0 amide bonds. The maximum atomic E-state index is 11.5. The number of piperidine rings is 1. The number of hydrogen-bond donors (Lipinski definition) is 2. The minimum Gasteiger partial charge on any atom is -0.497 e. The van der Waals surface area contributed by atoms with E-state index in [0.29, 0.717) is 12.3 Å². The number of nitrogens with zero attached hydrogens (tertiary/aromatic N) is 2. The molecule has 2 fully saturated rings. The zero-order valence-electron chi connectivity index (χ0n) is 19.1. The largest absolute Gasteiger partial charge is 0.497 e. The molecule has 6 heteroatoms. The van der Waals surface area contributed by atoms with Crippen molar-refractivity contribution in [2.75, 3.05) is 26.7 Å². The van der Waals surface area contributed by atoms with Crippen LogP contribution in [0.1, 0.15) is 63.0 Å². The van der Waals surface area contributed by atoms with Gasteiger partial charge in [-0.15, -0.1) is 0 Å². The van der Waals surface area contributed by atoms with Gasteiger partial charge in [0.15, 0.2) is 0 Å². The predicted molar refractivity (Wildman–Crippen MR) is 125 cm³/mol. The molecule has 0 unspecified atom stereocenters. The third-order valence-corrected chi connectivity index (χ3v) is 7.64. The average molecular weight is 441 g/mol. The van der Waals surface area contributed by atoms with E-state index in [1.807, 2.05) is 24.3 Å². The van der Waals surface area contributed by atoms with Gasteiger partial charge in [-0.25, -0.2) is 0 Å². The van der Waals surface area contributed by atoms with Crippen molar-refractivity contribution in [1.82, 2.24) is 9.88 Å². The van der Waals surface area contributed by atoms with Crippen LogP contribution in [0.25, 0.3) is 10.9 Å². The van der Waals surface area contributed by atoms with Crippen LogP contribution in [0.3, 0.4) is 0 Å². The monoisotopic (exact) mass is 440 g/mol. The van der Waals surface area contributed by atoms with Crippen LogP contribution in [-0.2, 0) is 4.79 Å². The molecule has 2 heterocycles. The lowest BCUT2D eigenvalue weighted by Gasteiger charge is -2.39. The number of fused-ring (bicyclic) bond motifs is 1. The Labute approximate surface area is 190 Å². The summed E-state index contributed by atoms with van der Waals surface area (Å²) >= 11 is 0. The van der Waals surface area contributed by atoms with E-state index >= 15 is 0 Å². The molecule has 1 aliphatic carbocycles. The summed E-state index contributed by atoms with van der Waals surface area (Å²) in [5.74, 6) is 1.41. The third-order valence-electron chi connectivity index (χ3n) is 7.64. The van der Waals surface area contributed by atoms with Crippen LogP contribution in [0.5, 0.6) is 5.75 Å². The highest BCUT2D eigenvalue weighted by atomic mass is 16.5. The number of likely N-dealkylation sites (tertiary alicyclic amines) is 1. The molecular formula is C26H36N2O4. The van der Waals surface area contributed by atoms with Crippen LogP contribution in [0.2, 0.25) is 0 Å². The SMILES string of the molecule is COc1ccc2nccc([C@H](O)CC[C@@H]3CCN(CCC4CCC4)C[C@@H]3CC(=O)O)c2c1. The van der Waals surface area contributed by atoms with E-state index in [0.717, 1.165) is 60.6 Å². The molecule has 2 aromatic rings. The van der Waals surface area contributed by atoms with Gasteiger partial charge in [0.25, 0.3) is 0 Å². The second-order valence-corrected chi connectivity index (χ2v) is 9.67. The number of methoxy groups -OCH3 is 1. The van der Waals surface area contributed by atoms with Gasteiger partial charge in [0.2, 0.25) is 0 Å². The molecular weight excluding hydrogens is 404 g/mol. The molecule has 1 saturated heterocycles. The number of aromatic nitrogens is 1. The summed E-state index contributed by atoms with van der Waals surface area (Å²) in [6.07, 6.45) is 9.18. The first-order chi connectivity index (χ1) is 15.5.